The Balaban J connectivity index is 2.02. The molecule has 0 spiro atoms. The van der Waals surface area contributed by atoms with Crippen molar-refractivity contribution in [2.24, 2.45) is 5.73 Å². The molecule has 0 saturated heterocycles. The normalized spacial score (nSPS) is 19.7. The van der Waals surface area contributed by atoms with Crippen molar-refractivity contribution in [1.82, 2.24) is 10.1 Å². The minimum atomic E-state index is -0.131. The Morgan fingerprint density at radius 3 is 2.56 bits per heavy atom. The highest BCUT2D eigenvalue weighted by molar-refractivity contribution is 5.23. The maximum Gasteiger partial charge on any atom is 0.265 e. The van der Waals surface area contributed by atoms with E-state index in [2.05, 4.69) is 10.1 Å². The van der Waals surface area contributed by atoms with Gasteiger partial charge in [-0.05, 0) is 18.0 Å². The van der Waals surface area contributed by atoms with Crippen LogP contribution in [0.3, 0.4) is 0 Å². The molecule has 1 saturated carbocycles. The average Bonchev–Trinajstić information content (AvgIpc) is 2.66. The van der Waals surface area contributed by atoms with Crippen LogP contribution in [-0.2, 0) is 6.42 Å². The van der Waals surface area contributed by atoms with Gasteiger partial charge >= 0.3 is 0 Å². The largest absolute Gasteiger partial charge is 0.344 e. The van der Waals surface area contributed by atoms with Gasteiger partial charge < -0.3 is 15.2 Å². The van der Waals surface area contributed by atoms with E-state index in [-0.39, 0.29) is 5.54 Å². The molecule has 90 valence electrons. The molecule has 16 heavy (non-hydrogen) atoms. The first-order valence-corrected chi connectivity index (χ1v) is 5.88. The Morgan fingerprint density at radius 1 is 1.31 bits per heavy atom. The second kappa shape index (κ2) is 4.41. The van der Waals surface area contributed by atoms with Crippen molar-refractivity contribution in [2.75, 3.05) is 19.0 Å². The van der Waals surface area contributed by atoms with Crippen LogP contribution in [-0.4, -0.2) is 29.8 Å². The third-order valence-electron chi connectivity index (χ3n) is 3.21. The highest BCUT2D eigenvalue weighted by Gasteiger charge is 2.30. The summed E-state index contributed by atoms with van der Waals surface area (Å²) in [5.74, 6) is 1.28. The van der Waals surface area contributed by atoms with E-state index in [4.69, 9.17) is 10.3 Å². The minimum absolute atomic E-state index is 0.131. The Kier molecular flexibility index (Phi) is 3.14. The van der Waals surface area contributed by atoms with Gasteiger partial charge in [-0.3, -0.25) is 0 Å². The predicted octanol–water partition coefficient (Wildman–Crippen LogP) is 1.34. The van der Waals surface area contributed by atoms with Crippen molar-refractivity contribution in [1.29, 1.82) is 0 Å². The quantitative estimate of drug-likeness (QED) is 0.839. The lowest BCUT2D eigenvalue weighted by Crippen LogP contribution is -2.43. The third kappa shape index (κ3) is 2.52. The summed E-state index contributed by atoms with van der Waals surface area (Å²) in [5.41, 5.74) is 6.20. The molecule has 0 aromatic carbocycles. The lowest BCUT2D eigenvalue weighted by Gasteiger charge is -2.31. The van der Waals surface area contributed by atoms with Crippen LogP contribution in [0.1, 0.15) is 38.0 Å². The molecule has 2 rings (SSSR count). The molecular weight excluding hydrogens is 204 g/mol. The van der Waals surface area contributed by atoms with E-state index in [0.29, 0.717) is 18.3 Å². The van der Waals surface area contributed by atoms with Gasteiger partial charge in [0.2, 0.25) is 5.89 Å². The molecule has 1 aliphatic carbocycles. The molecule has 0 bridgehead atoms. The van der Waals surface area contributed by atoms with Gasteiger partial charge in [-0.1, -0.05) is 19.3 Å². The molecule has 1 aromatic rings. The SMILES string of the molecule is CN(C)c1noc(CC2(N)CCCCC2)n1. The fourth-order valence-electron chi connectivity index (χ4n) is 2.23. The Labute approximate surface area is 96.0 Å². The second-order valence-corrected chi connectivity index (χ2v) is 4.98. The Morgan fingerprint density at radius 2 is 2.00 bits per heavy atom. The van der Waals surface area contributed by atoms with Crippen molar-refractivity contribution in [3.8, 4) is 0 Å². The predicted molar refractivity (Wildman–Crippen MR) is 62.3 cm³/mol. The lowest BCUT2D eigenvalue weighted by molar-refractivity contribution is 0.261. The summed E-state index contributed by atoms with van der Waals surface area (Å²) in [4.78, 5) is 6.15. The van der Waals surface area contributed by atoms with Gasteiger partial charge in [0.1, 0.15) is 0 Å². The first-order valence-electron chi connectivity index (χ1n) is 5.88. The number of rotatable bonds is 3. The van der Waals surface area contributed by atoms with E-state index in [0.717, 1.165) is 12.8 Å². The van der Waals surface area contributed by atoms with E-state index >= 15 is 0 Å². The van der Waals surface area contributed by atoms with Crippen molar-refractivity contribution in [3.63, 3.8) is 0 Å². The molecule has 1 fully saturated rings. The first kappa shape index (κ1) is 11.4. The van der Waals surface area contributed by atoms with Crippen molar-refractivity contribution >= 4 is 5.95 Å². The van der Waals surface area contributed by atoms with Gasteiger partial charge in [-0.15, -0.1) is 0 Å². The third-order valence-corrected chi connectivity index (χ3v) is 3.21. The van der Waals surface area contributed by atoms with Crippen molar-refractivity contribution in [3.05, 3.63) is 5.89 Å². The van der Waals surface area contributed by atoms with Crippen LogP contribution in [0.15, 0.2) is 4.52 Å². The topological polar surface area (TPSA) is 68.2 Å². The van der Waals surface area contributed by atoms with E-state index in [1.54, 1.807) is 0 Å². The van der Waals surface area contributed by atoms with E-state index in [1.165, 1.54) is 19.3 Å². The van der Waals surface area contributed by atoms with Gasteiger partial charge in [0.25, 0.3) is 5.95 Å². The number of nitrogens with two attached hydrogens (primary N) is 1. The van der Waals surface area contributed by atoms with Crippen LogP contribution >= 0.6 is 0 Å². The number of aromatic nitrogens is 2. The van der Waals surface area contributed by atoms with Gasteiger partial charge in [0, 0.05) is 26.1 Å². The molecule has 0 amide bonds. The average molecular weight is 224 g/mol. The maximum atomic E-state index is 6.34. The summed E-state index contributed by atoms with van der Waals surface area (Å²) in [6, 6.07) is 0. The summed E-state index contributed by atoms with van der Waals surface area (Å²) >= 11 is 0. The van der Waals surface area contributed by atoms with Crippen LogP contribution in [0.2, 0.25) is 0 Å². The summed E-state index contributed by atoms with van der Waals surface area (Å²) < 4.78 is 5.21. The van der Waals surface area contributed by atoms with Gasteiger partial charge in [0.05, 0.1) is 0 Å². The van der Waals surface area contributed by atoms with Gasteiger partial charge in [-0.2, -0.15) is 4.98 Å². The summed E-state index contributed by atoms with van der Waals surface area (Å²) in [5, 5.41) is 3.90. The van der Waals surface area contributed by atoms with E-state index < -0.39 is 0 Å². The fraction of sp³-hybridized carbons (Fsp3) is 0.818. The first-order chi connectivity index (χ1) is 7.59. The zero-order valence-corrected chi connectivity index (χ0v) is 10.1. The molecule has 0 radical (unpaired) electrons. The van der Waals surface area contributed by atoms with Gasteiger partial charge in [0.15, 0.2) is 0 Å². The van der Waals surface area contributed by atoms with Crippen molar-refractivity contribution < 1.29 is 4.52 Å². The molecule has 2 N–H and O–H groups in total. The molecule has 0 unspecified atom stereocenters. The molecule has 1 aromatic heterocycles. The standard InChI is InChI=1S/C11H20N4O/c1-15(2)10-13-9(16-14-10)8-11(12)6-4-3-5-7-11/h3-8,12H2,1-2H3. The van der Waals surface area contributed by atoms with E-state index in [9.17, 15) is 0 Å². The van der Waals surface area contributed by atoms with Crippen LogP contribution in [0.4, 0.5) is 5.95 Å². The summed E-state index contributed by atoms with van der Waals surface area (Å²) in [7, 11) is 3.79. The fourth-order valence-corrected chi connectivity index (χ4v) is 2.23. The zero-order valence-electron chi connectivity index (χ0n) is 10.1. The molecule has 5 heteroatoms. The highest BCUT2D eigenvalue weighted by atomic mass is 16.5. The Bertz CT molecular complexity index is 342. The van der Waals surface area contributed by atoms with Crippen molar-refractivity contribution in [2.45, 2.75) is 44.1 Å². The number of nitrogens with zero attached hydrogens (tertiary/aromatic N) is 3. The Hall–Kier alpha value is -1.10. The summed E-state index contributed by atoms with van der Waals surface area (Å²) in [6.45, 7) is 0. The molecule has 1 aliphatic rings. The maximum absolute atomic E-state index is 6.34. The monoisotopic (exact) mass is 224 g/mol. The van der Waals surface area contributed by atoms with Crippen LogP contribution in [0.25, 0.3) is 0 Å². The van der Waals surface area contributed by atoms with Gasteiger partial charge in [-0.25, -0.2) is 0 Å². The molecule has 5 nitrogen and oxygen atoms in total. The highest BCUT2D eigenvalue weighted by Crippen LogP contribution is 2.28. The number of hydrogen-bond donors (Lipinski definition) is 1. The second-order valence-electron chi connectivity index (χ2n) is 4.98. The summed E-state index contributed by atoms with van der Waals surface area (Å²) in [6.07, 6.45) is 6.55. The molecule has 0 aliphatic heterocycles. The number of hydrogen-bond acceptors (Lipinski definition) is 5. The smallest absolute Gasteiger partial charge is 0.265 e. The lowest BCUT2D eigenvalue weighted by atomic mass is 9.80. The van der Waals surface area contributed by atoms with Crippen LogP contribution in [0, 0.1) is 0 Å². The molecule has 0 atom stereocenters. The minimum Gasteiger partial charge on any atom is -0.344 e. The molecular formula is C11H20N4O. The zero-order chi connectivity index (χ0) is 11.6. The van der Waals surface area contributed by atoms with Crippen LogP contribution in [0.5, 0.6) is 0 Å². The molecule has 1 heterocycles. The number of anilines is 1. The van der Waals surface area contributed by atoms with Crippen LogP contribution < -0.4 is 10.6 Å². The van der Waals surface area contributed by atoms with E-state index in [1.807, 2.05) is 19.0 Å².